The molecule has 2 unspecified atom stereocenters. The standard InChI is InChI=1S/C6H15O15P3/c7-1-2-3(8)4(9)5(10)6(18-2)19-23(14,15)21-24(16,17)20-22(11,12)13/h2-10H,1H2,(H,14,15)(H,16,17)(H2,11,12,13)/t2-,3-,4+,5+,6-/m1/s1. The molecule has 1 heterocycles. The van der Waals surface area contributed by atoms with Crippen molar-refractivity contribution >= 4 is 23.5 Å². The zero-order valence-corrected chi connectivity index (χ0v) is 14.1. The lowest BCUT2D eigenvalue weighted by atomic mass is 10.00. The van der Waals surface area contributed by atoms with E-state index in [2.05, 4.69) is 17.9 Å². The van der Waals surface area contributed by atoms with Crippen molar-refractivity contribution in [3.63, 3.8) is 0 Å². The van der Waals surface area contributed by atoms with Crippen LogP contribution in [0, 0.1) is 0 Å². The Morgan fingerprint density at radius 1 is 0.833 bits per heavy atom. The maximum atomic E-state index is 11.6. The molecule has 1 rings (SSSR count). The number of hydrogen-bond acceptors (Lipinski definition) is 11. The molecular weight excluding hydrogens is 405 g/mol. The Hall–Kier alpha value is 0.210. The van der Waals surface area contributed by atoms with Crippen LogP contribution in [-0.2, 0) is 31.6 Å². The van der Waals surface area contributed by atoms with Crippen molar-refractivity contribution in [2.45, 2.75) is 30.7 Å². The second-order valence-electron chi connectivity index (χ2n) is 4.39. The molecule has 1 saturated heterocycles. The van der Waals surface area contributed by atoms with E-state index in [1.807, 2.05) is 0 Å². The predicted molar refractivity (Wildman–Crippen MR) is 68.7 cm³/mol. The minimum Gasteiger partial charge on any atom is -0.394 e. The average molecular weight is 420 g/mol. The molecule has 7 atom stereocenters. The molecule has 0 spiro atoms. The summed E-state index contributed by atoms with van der Waals surface area (Å²) in [7, 11) is -17.0. The molecule has 0 aromatic rings. The number of aliphatic hydroxyl groups is 4. The van der Waals surface area contributed by atoms with Crippen LogP contribution in [0.5, 0.6) is 0 Å². The molecule has 8 N–H and O–H groups in total. The molecular formula is C6H15O15P3. The Kier molecular flexibility index (Phi) is 7.27. The first-order valence-electron chi connectivity index (χ1n) is 5.80. The largest absolute Gasteiger partial charge is 0.490 e. The molecule has 1 aliphatic heterocycles. The lowest BCUT2D eigenvalue weighted by Crippen LogP contribution is -2.58. The third-order valence-corrected chi connectivity index (χ3v) is 6.30. The lowest BCUT2D eigenvalue weighted by molar-refractivity contribution is -0.280. The van der Waals surface area contributed by atoms with Crippen LogP contribution in [0.4, 0.5) is 0 Å². The molecule has 1 fully saturated rings. The molecule has 15 nitrogen and oxygen atoms in total. The van der Waals surface area contributed by atoms with Crippen LogP contribution in [-0.4, -0.2) is 77.3 Å². The van der Waals surface area contributed by atoms with Crippen molar-refractivity contribution in [2.24, 2.45) is 0 Å². The third kappa shape index (κ3) is 6.50. The van der Waals surface area contributed by atoms with Gasteiger partial charge in [-0.2, -0.15) is 8.62 Å². The van der Waals surface area contributed by atoms with Crippen molar-refractivity contribution < 1.29 is 71.6 Å². The van der Waals surface area contributed by atoms with E-state index in [-0.39, 0.29) is 0 Å². The summed E-state index contributed by atoms with van der Waals surface area (Å²) in [5, 5.41) is 37.4. The summed E-state index contributed by atoms with van der Waals surface area (Å²) in [6.45, 7) is -0.902. The molecule has 0 aliphatic carbocycles. The van der Waals surface area contributed by atoms with Gasteiger partial charge in [-0.25, -0.2) is 13.7 Å². The van der Waals surface area contributed by atoms with E-state index < -0.39 is 60.8 Å². The molecule has 0 aromatic carbocycles. The van der Waals surface area contributed by atoms with Crippen LogP contribution in [0.2, 0.25) is 0 Å². The molecule has 18 heteroatoms. The predicted octanol–water partition coefficient (Wildman–Crippen LogP) is -2.87. The Morgan fingerprint density at radius 3 is 1.83 bits per heavy atom. The number of rotatable bonds is 7. The highest BCUT2D eigenvalue weighted by Crippen LogP contribution is 2.66. The zero-order chi connectivity index (χ0) is 18.9. The third-order valence-electron chi connectivity index (χ3n) is 2.50. The Balaban J connectivity index is 2.84. The van der Waals surface area contributed by atoms with Crippen LogP contribution < -0.4 is 0 Å². The quantitative estimate of drug-likeness (QED) is 0.193. The van der Waals surface area contributed by atoms with Crippen molar-refractivity contribution in [3.8, 4) is 0 Å². The Morgan fingerprint density at radius 2 is 1.38 bits per heavy atom. The zero-order valence-electron chi connectivity index (χ0n) is 11.4. The van der Waals surface area contributed by atoms with Gasteiger partial charge in [0.2, 0.25) is 0 Å². The average Bonchev–Trinajstić information content (AvgIpc) is 2.34. The van der Waals surface area contributed by atoms with E-state index in [4.69, 9.17) is 19.8 Å². The van der Waals surface area contributed by atoms with Gasteiger partial charge in [0, 0.05) is 0 Å². The first-order valence-corrected chi connectivity index (χ1v) is 10.3. The van der Waals surface area contributed by atoms with Gasteiger partial charge in [-0.1, -0.05) is 0 Å². The number of aliphatic hydroxyl groups excluding tert-OH is 4. The molecule has 24 heavy (non-hydrogen) atoms. The normalized spacial score (nSPS) is 36.8. The maximum Gasteiger partial charge on any atom is 0.490 e. The van der Waals surface area contributed by atoms with Gasteiger partial charge in [0.25, 0.3) is 0 Å². The van der Waals surface area contributed by atoms with Crippen LogP contribution in [0.3, 0.4) is 0 Å². The fraction of sp³-hybridized carbons (Fsp3) is 1.00. The molecule has 144 valence electrons. The monoisotopic (exact) mass is 420 g/mol. The highest BCUT2D eigenvalue weighted by molar-refractivity contribution is 7.66. The first-order chi connectivity index (χ1) is 10.7. The van der Waals surface area contributed by atoms with Crippen molar-refractivity contribution in [1.29, 1.82) is 0 Å². The van der Waals surface area contributed by atoms with E-state index in [1.54, 1.807) is 0 Å². The van der Waals surface area contributed by atoms with E-state index in [0.717, 1.165) is 0 Å². The summed E-state index contributed by atoms with van der Waals surface area (Å²) < 4.78 is 48.8. The summed E-state index contributed by atoms with van der Waals surface area (Å²) >= 11 is 0. The summed E-state index contributed by atoms with van der Waals surface area (Å²) in [6, 6.07) is 0. The van der Waals surface area contributed by atoms with Gasteiger partial charge in [0.15, 0.2) is 6.29 Å². The maximum absolute atomic E-state index is 11.6. The van der Waals surface area contributed by atoms with E-state index >= 15 is 0 Å². The molecule has 0 saturated carbocycles. The van der Waals surface area contributed by atoms with Gasteiger partial charge in [-0.15, -0.1) is 0 Å². The van der Waals surface area contributed by atoms with Crippen LogP contribution in [0.1, 0.15) is 0 Å². The van der Waals surface area contributed by atoms with Crippen molar-refractivity contribution in [1.82, 2.24) is 0 Å². The van der Waals surface area contributed by atoms with Gasteiger partial charge in [-0.3, -0.25) is 4.52 Å². The van der Waals surface area contributed by atoms with Gasteiger partial charge in [0.05, 0.1) is 6.61 Å². The topological polar surface area (TPSA) is 250 Å². The molecule has 0 aromatic heterocycles. The summed E-state index contributed by atoms with van der Waals surface area (Å²) in [6.07, 6.45) is -9.70. The van der Waals surface area contributed by atoms with Gasteiger partial charge in [-0.05, 0) is 0 Å². The summed E-state index contributed by atoms with van der Waals surface area (Å²) in [5.41, 5.74) is 0. The minimum absolute atomic E-state index is 0.902. The van der Waals surface area contributed by atoms with E-state index in [1.165, 1.54) is 0 Å². The molecule has 0 bridgehead atoms. The minimum atomic E-state index is -5.77. The molecule has 0 radical (unpaired) electrons. The lowest BCUT2D eigenvalue weighted by Gasteiger charge is -2.39. The number of ether oxygens (including phenoxy) is 1. The second kappa shape index (κ2) is 7.84. The smallest absolute Gasteiger partial charge is 0.394 e. The summed E-state index contributed by atoms with van der Waals surface area (Å²) in [5.74, 6) is 0. The number of hydrogen-bond donors (Lipinski definition) is 8. The van der Waals surface area contributed by atoms with Gasteiger partial charge in [0.1, 0.15) is 24.4 Å². The van der Waals surface area contributed by atoms with Crippen molar-refractivity contribution in [2.75, 3.05) is 6.61 Å². The van der Waals surface area contributed by atoms with E-state index in [9.17, 15) is 33.9 Å². The molecule has 1 aliphatic rings. The highest BCUT2D eigenvalue weighted by Gasteiger charge is 2.49. The first kappa shape index (κ1) is 22.3. The second-order valence-corrected chi connectivity index (χ2v) is 8.77. The van der Waals surface area contributed by atoms with Gasteiger partial charge < -0.3 is 44.7 Å². The van der Waals surface area contributed by atoms with Crippen LogP contribution >= 0.6 is 23.5 Å². The fourth-order valence-electron chi connectivity index (χ4n) is 1.58. The SMILES string of the molecule is O=P(O)(O)OP(=O)(O)OP(=O)(O)O[C@H]1O[C@H](CO)[C@@H](O)[C@H](O)[C@@H]1O. The number of phosphoric ester groups is 1. The number of phosphoric acid groups is 3. The highest BCUT2D eigenvalue weighted by atomic mass is 31.3. The van der Waals surface area contributed by atoms with Crippen molar-refractivity contribution in [3.05, 3.63) is 0 Å². The van der Waals surface area contributed by atoms with Crippen LogP contribution in [0.15, 0.2) is 0 Å². The Bertz CT molecular complexity index is 570. The van der Waals surface area contributed by atoms with E-state index in [0.29, 0.717) is 0 Å². The summed E-state index contributed by atoms with van der Waals surface area (Å²) in [4.78, 5) is 34.9. The fourth-order valence-corrected chi connectivity index (χ4v) is 4.68. The molecule has 0 amide bonds. The Labute approximate surface area is 133 Å². The van der Waals surface area contributed by atoms with Gasteiger partial charge >= 0.3 is 23.5 Å². The van der Waals surface area contributed by atoms with Crippen LogP contribution in [0.25, 0.3) is 0 Å².